The molecule has 84 valence electrons. The molecule has 0 aliphatic rings. The molecule has 0 aliphatic heterocycles. The summed E-state index contributed by atoms with van der Waals surface area (Å²) in [5.74, 6) is 2.59. The van der Waals surface area contributed by atoms with E-state index in [0.29, 0.717) is 0 Å². The van der Waals surface area contributed by atoms with E-state index in [0.717, 1.165) is 10.0 Å². The Kier molecular flexibility index (Phi) is 6.26. The summed E-state index contributed by atoms with van der Waals surface area (Å²) in [5.41, 5.74) is 0.895. The molecule has 3 nitrogen and oxygen atoms in total. The number of carbonyl (C=O) groups is 1. The Morgan fingerprint density at radius 3 is 2.94 bits per heavy atom. The normalized spacial score (nSPS) is 8.88. The predicted molar refractivity (Wildman–Crippen MR) is 72.1 cm³/mol. The summed E-state index contributed by atoms with van der Waals surface area (Å²) < 4.78 is 13.1. The minimum Gasteiger partial charge on any atom is -0.429 e. The van der Waals surface area contributed by atoms with Crippen LogP contribution in [0.3, 0.4) is 0 Å². The number of benzene rings is 1. The maximum atomic E-state index is 11.0. The van der Waals surface area contributed by atoms with Gasteiger partial charge in [-0.3, -0.25) is 0 Å². The molecule has 0 atom stereocenters. The molecule has 0 fully saturated rings. The van der Waals surface area contributed by atoms with Gasteiger partial charge in [-0.1, -0.05) is 34.0 Å². The molecule has 0 saturated carbocycles. The van der Waals surface area contributed by atoms with Crippen LogP contribution in [0.2, 0.25) is 0 Å². The number of ether oxygens (including phenoxy) is 2. The maximum Gasteiger partial charge on any atom is 0.509 e. The van der Waals surface area contributed by atoms with Gasteiger partial charge < -0.3 is 9.47 Å². The smallest absolute Gasteiger partial charge is 0.429 e. The Morgan fingerprint density at radius 2 is 2.25 bits per heavy atom. The minimum atomic E-state index is -0.709. The van der Waals surface area contributed by atoms with E-state index in [4.69, 9.17) is 4.74 Å². The summed E-state index contributed by atoms with van der Waals surface area (Å²) in [7, 11) is 0. The Balaban J connectivity index is 2.33. The van der Waals surface area contributed by atoms with Gasteiger partial charge in [0.05, 0.1) is 0 Å². The summed E-state index contributed by atoms with van der Waals surface area (Å²) in [4.78, 5) is 11.0. The zero-order valence-electron chi connectivity index (χ0n) is 8.20. The van der Waals surface area contributed by atoms with E-state index in [1.54, 1.807) is 0 Å². The molecule has 1 aromatic carbocycles. The fourth-order valence-electron chi connectivity index (χ4n) is 0.933. The third-order valence-electron chi connectivity index (χ3n) is 1.57. The molecule has 0 aliphatic carbocycles. The van der Waals surface area contributed by atoms with E-state index in [9.17, 15) is 4.79 Å². The summed E-state index contributed by atoms with van der Waals surface area (Å²) in [6.45, 7) is 0.246. The van der Waals surface area contributed by atoms with Crippen LogP contribution >= 0.6 is 38.5 Å². The third kappa shape index (κ3) is 5.37. The Morgan fingerprint density at radius 1 is 1.44 bits per heavy atom. The first kappa shape index (κ1) is 13.3. The second-order valence-electron chi connectivity index (χ2n) is 2.73. The molecule has 0 saturated heterocycles. The van der Waals surface area contributed by atoms with Gasteiger partial charge in [0.25, 0.3) is 0 Å². The zero-order valence-corrected chi connectivity index (χ0v) is 11.9. The molecule has 0 heterocycles. The van der Waals surface area contributed by atoms with Crippen molar-refractivity contribution in [2.75, 3.05) is 6.61 Å². The lowest BCUT2D eigenvalue weighted by Crippen LogP contribution is -2.07. The molecule has 5 heteroatoms. The number of hydrogen-bond acceptors (Lipinski definition) is 3. The van der Waals surface area contributed by atoms with Crippen molar-refractivity contribution in [3.8, 4) is 9.85 Å². The highest BCUT2D eigenvalue weighted by atomic mass is 127. The largest absolute Gasteiger partial charge is 0.509 e. The van der Waals surface area contributed by atoms with Gasteiger partial charge in [-0.15, -0.1) is 0 Å². The van der Waals surface area contributed by atoms with E-state index in [-0.39, 0.29) is 13.2 Å². The van der Waals surface area contributed by atoms with Gasteiger partial charge in [0.15, 0.2) is 6.61 Å². The Labute approximate surface area is 116 Å². The first-order chi connectivity index (χ1) is 7.72. The van der Waals surface area contributed by atoms with Crippen molar-refractivity contribution in [2.45, 2.75) is 6.61 Å². The first-order valence-electron chi connectivity index (χ1n) is 4.35. The fourth-order valence-corrected chi connectivity index (χ4v) is 1.54. The molecule has 0 amide bonds. The summed E-state index contributed by atoms with van der Waals surface area (Å²) in [6, 6.07) is 7.51. The minimum absolute atomic E-state index is 0.0558. The summed E-state index contributed by atoms with van der Waals surface area (Å²) in [5, 5.41) is 0. The van der Waals surface area contributed by atoms with Crippen molar-refractivity contribution in [2.24, 2.45) is 0 Å². The maximum absolute atomic E-state index is 11.0. The second-order valence-corrected chi connectivity index (χ2v) is 4.18. The van der Waals surface area contributed by atoms with Crippen molar-refractivity contribution in [3.05, 3.63) is 34.3 Å². The molecular formula is C11H8BrIO3. The predicted octanol–water partition coefficient (Wildman–Crippen LogP) is 3.50. The van der Waals surface area contributed by atoms with Crippen molar-refractivity contribution in [3.63, 3.8) is 0 Å². The third-order valence-corrected chi connectivity index (χ3v) is 2.45. The molecule has 0 unspecified atom stereocenters. The molecule has 0 aromatic heterocycles. The van der Waals surface area contributed by atoms with Gasteiger partial charge in [-0.2, -0.15) is 0 Å². The van der Waals surface area contributed by atoms with E-state index >= 15 is 0 Å². The van der Waals surface area contributed by atoms with E-state index in [1.807, 2.05) is 46.9 Å². The molecule has 1 aromatic rings. The molecule has 16 heavy (non-hydrogen) atoms. The van der Waals surface area contributed by atoms with E-state index in [1.165, 1.54) is 0 Å². The molecule has 1 rings (SSSR count). The number of halogens is 2. The van der Waals surface area contributed by atoms with Crippen molar-refractivity contribution in [1.82, 2.24) is 0 Å². The van der Waals surface area contributed by atoms with E-state index in [2.05, 4.69) is 30.5 Å². The SMILES string of the molecule is O=C(OCC#CI)OCc1cccc(Br)c1. The van der Waals surface area contributed by atoms with Crippen molar-refractivity contribution >= 4 is 44.7 Å². The lowest BCUT2D eigenvalue weighted by Gasteiger charge is -2.04. The van der Waals surface area contributed by atoms with Crippen molar-refractivity contribution in [1.29, 1.82) is 0 Å². The average molecular weight is 395 g/mol. The lowest BCUT2D eigenvalue weighted by atomic mass is 10.2. The lowest BCUT2D eigenvalue weighted by molar-refractivity contribution is 0.0589. The average Bonchev–Trinajstić information content (AvgIpc) is 2.27. The quantitative estimate of drug-likeness (QED) is 0.447. The van der Waals surface area contributed by atoms with Crippen LogP contribution in [0, 0.1) is 9.85 Å². The monoisotopic (exact) mass is 394 g/mol. The molecular weight excluding hydrogens is 387 g/mol. The van der Waals surface area contributed by atoms with Gasteiger partial charge in [0.1, 0.15) is 6.61 Å². The van der Waals surface area contributed by atoms with Crippen LogP contribution in [0.4, 0.5) is 4.79 Å². The molecule has 0 bridgehead atoms. The van der Waals surface area contributed by atoms with Crippen LogP contribution in [0.1, 0.15) is 5.56 Å². The standard InChI is InChI=1S/C11H8BrIO3/c12-10-4-1-3-9(7-10)8-16-11(14)15-6-2-5-13/h1,3-4,7H,6,8H2. The van der Waals surface area contributed by atoms with Gasteiger partial charge >= 0.3 is 6.16 Å². The zero-order chi connectivity index (χ0) is 11.8. The highest BCUT2D eigenvalue weighted by molar-refractivity contribution is 14.1. The number of hydrogen-bond donors (Lipinski definition) is 0. The topological polar surface area (TPSA) is 35.5 Å². The van der Waals surface area contributed by atoms with Gasteiger partial charge in [0.2, 0.25) is 0 Å². The Bertz CT molecular complexity index is 423. The molecule has 0 spiro atoms. The fraction of sp³-hybridized carbons (Fsp3) is 0.182. The van der Waals surface area contributed by atoms with Crippen LogP contribution < -0.4 is 0 Å². The summed E-state index contributed by atoms with van der Waals surface area (Å²) in [6.07, 6.45) is -0.709. The van der Waals surface area contributed by atoms with Crippen LogP contribution in [0.15, 0.2) is 28.7 Å². The number of rotatable bonds is 3. The van der Waals surface area contributed by atoms with Gasteiger partial charge in [-0.05, 0) is 21.6 Å². The van der Waals surface area contributed by atoms with Crippen LogP contribution in [0.5, 0.6) is 0 Å². The van der Waals surface area contributed by atoms with E-state index < -0.39 is 6.16 Å². The second kappa shape index (κ2) is 7.52. The van der Waals surface area contributed by atoms with Crippen molar-refractivity contribution < 1.29 is 14.3 Å². The summed E-state index contributed by atoms with van der Waals surface area (Å²) >= 11 is 5.20. The highest BCUT2D eigenvalue weighted by Gasteiger charge is 2.03. The number of carbonyl (C=O) groups excluding carboxylic acids is 1. The molecule has 0 radical (unpaired) electrons. The van der Waals surface area contributed by atoms with Gasteiger partial charge in [-0.25, -0.2) is 4.79 Å². The molecule has 0 N–H and O–H groups in total. The van der Waals surface area contributed by atoms with Crippen LogP contribution in [-0.2, 0) is 16.1 Å². The highest BCUT2D eigenvalue weighted by Crippen LogP contribution is 2.12. The van der Waals surface area contributed by atoms with Gasteiger partial charge in [0, 0.05) is 27.1 Å². The Hall–Kier alpha value is -0.740. The first-order valence-corrected chi connectivity index (χ1v) is 6.22. The van der Waals surface area contributed by atoms with Crippen LogP contribution in [-0.4, -0.2) is 12.8 Å². The van der Waals surface area contributed by atoms with Crippen LogP contribution in [0.25, 0.3) is 0 Å².